The smallest absolute Gasteiger partial charge is 0.177 e. The van der Waals surface area contributed by atoms with Crippen LogP contribution in [0.2, 0.25) is 0 Å². The fourth-order valence-electron chi connectivity index (χ4n) is 3.26. The maximum Gasteiger partial charge on any atom is 0.177 e. The predicted molar refractivity (Wildman–Crippen MR) is 65.0 cm³/mol. The molecule has 2 aliphatic rings. The number of halogens is 2. The Morgan fingerprint density at radius 3 is 2.67 bits per heavy atom. The number of aromatic amines is 1. The van der Waals surface area contributed by atoms with Crippen molar-refractivity contribution < 1.29 is 8.78 Å². The zero-order valence-corrected chi connectivity index (χ0v) is 10.2. The van der Waals surface area contributed by atoms with E-state index in [1.807, 2.05) is 10.8 Å². The summed E-state index contributed by atoms with van der Waals surface area (Å²) in [5.41, 5.74) is 1.77. The van der Waals surface area contributed by atoms with Crippen molar-refractivity contribution in [3.05, 3.63) is 52.1 Å². The van der Waals surface area contributed by atoms with Crippen LogP contribution in [0.15, 0.2) is 24.4 Å². The maximum atomic E-state index is 13.3. The van der Waals surface area contributed by atoms with Gasteiger partial charge in [0.25, 0.3) is 0 Å². The summed E-state index contributed by atoms with van der Waals surface area (Å²) < 4.78 is 29.4. The Morgan fingerprint density at radius 2 is 2.00 bits per heavy atom. The highest BCUT2D eigenvalue weighted by atomic mass is 32.1. The van der Waals surface area contributed by atoms with Crippen molar-refractivity contribution in [3.63, 3.8) is 0 Å². The molecule has 5 heteroatoms. The van der Waals surface area contributed by atoms with Crippen molar-refractivity contribution in [1.29, 1.82) is 0 Å². The quantitative estimate of drug-likeness (QED) is 0.784. The first-order valence-corrected chi connectivity index (χ1v) is 6.26. The number of H-pyrrole nitrogens is 1. The predicted octanol–water partition coefficient (Wildman–Crippen LogP) is 3.26. The number of hydrogen-bond donors (Lipinski definition) is 1. The highest BCUT2D eigenvalue weighted by molar-refractivity contribution is 7.71. The number of nitrogens with zero attached hydrogens (tertiary/aromatic N) is 1. The Bertz CT molecular complexity index is 698. The SMILES string of the molecule is Fc1cc(F)cc([C@]23C[C@H]2c2c[nH]c(=S)n2C3)c1. The molecule has 18 heavy (non-hydrogen) atoms. The van der Waals surface area contributed by atoms with E-state index in [0.29, 0.717) is 10.7 Å². The molecule has 0 bridgehead atoms. The van der Waals surface area contributed by atoms with Crippen molar-refractivity contribution in [3.8, 4) is 0 Å². The summed E-state index contributed by atoms with van der Waals surface area (Å²) in [5, 5.41) is 0. The van der Waals surface area contributed by atoms with E-state index in [1.165, 1.54) is 12.1 Å². The van der Waals surface area contributed by atoms with Crippen LogP contribution in [-0.4, -0.2) is 9.55 Å². The molecule has 2 nitrogen and oxygen atoms in total. The Hall–Kier alpha value is -1.49. The molecular formula is C13H10F2N2S. The molecule has 0 spiro atoms. The molecule has 1 aliphatic carbocycles. The van der Waals surface area contributed by atoms with Crippen molar-refractivity contribution in [2.75, 3.05) is 0 Å². The highest BCUT2D eigenvalue weighted by Crippen LogP contribution is 2.65. The molecule has 2 atom stereocenters. The summed E-state index contributed by atoms with van der Waals surface area (Å²) in [5.74, 6) is -0.676. The Morgan fingerprint density at radius 1 is 1.28 bits per heavy atom. The number of benzene rings is 1. The molecule has 1 N–H and O–H groups in total. The topological polar surface area (TPSA) is 20.7 Å². The second-order valence-electron chi connectivity index (χ2n) is 5.18. The van der Waals surface area contributed by atoms with E-state index in [1.54, 1.807) is 0 Å². The molecule has 0 radical (unpaired) electrons. The fourth-order valence-corrected chi connectivity index (χ4v) is 3.49. The molecule has 1 fully saturated rings. The van der Waals surface area contributed by atoms with Gasteiger partial charge in [0.1, 0.15) is 11.6 Å². The minimum absolute atomic E-state index is 0.138. The zero-order chi connectivity index (χ0) is 12.5. The first-order valence-electron chi connectivity index (χ1n) is 5.85. The van der Waals surface area contributed by atoms with Gasteiger partial charge in [-0.2, -0.15) is 0 Å². The van der Waals surface area contributed by atoms with Crippen molar-refractivity contribution in [1.82, 2.24) is 9.55 Å². The lowest BCUT2D eigenvalue weighted by molar-refractivity contribution is 0.548. The van der Waals surface area contributed by atoms with Gasteiger partial charge in [0.2, 0.25) is 0 Å². The molecule has 1 aliphatic heterocycles. The van der Waals surface area contributed by atoms with Crippen molar-refractivity contribution in [2.45, 2.75) is 24.3 Å². The van der Waals surface area contributed by atoms with Gasteiger partial charge < -0.3 is 9.55 Å². The van der Waals surface area contributed by atoms with E-state index in [0.717, 1.165) is 30.3 Å². The van der Waals surface area contributed by atoms with Crippen LogP contribution in [-0.2, 0) is 12.0 Å². The monoisotopic (exact) mass is 264 g/mol. The molecule has 2 aromatic rings. The summed E-state index contributed by atoms with van der Waals surface area (Å²) >= 11 is 5.20. The molecule has 4 rings (SSSR count). The second-order valence-corrected chi connectivity index (χ2v) is 5.56. The molecule has 1 aromatic carbocycles. The van der Waals surface area contributed by atoms with Gasteiger partial charge in [-0.05, 0) is 36.3 Å². The summed E-state index contributed by atoms with van der Waals surface area (Å²) in [6, 6.07) is 3.81. The third-order valence-corrected chi connectivity index (χ3v) is 4.55. The lowest BCUT2D eigenvalue weighted by Gasteiger charge is -2.13. The minimum Gasteiger partial charge on any atom is -0.337 e. The van der Waals surface area contributed by atoms with Gasteiger partial charge in [-0.25, -0.2) is 8.78 Å². The summed E-state index contributed by atoms with van der Waals surface area (Å²) in [7, 11) is 0. The van der Waals surface area contributed by atoms with Gasteiger partial charge in [-0.1, -0.05) is 0 Å². The molecule has 92 valence electrons. The molecule has 2 heterocycles. The van der Waals surface area contributed by atoms with Crippen LogP contribution in [0.4, 0.5) is 8.78 Å². The van der Waals surface area contributed by atoms with Gasteiger partial charge >= 0.3 is 0 Å². The zero-order valence-electron chi connectivity index (χ0n) is 9.41. The normalized spacial score (nSPS) is 28.0. The Kier molecular flexibility index (Phi) is 1.79. The first-order chi connectivity index (χ1) is 8.60. The van der Waals surface area contributed by atoms with Crippen molar-refractivity contribution in [2.24, 2.45) is 0 Å². The van der Waals surface area contributed by atoms with E-state index in [4.69, 9.17) is 12.2 Å². The van der Waals surface area contributed by atoms with Gasteiger partial charge in [0.15, 0.2) is 4.77 Å². The number of nitrogens with one attached hydrogen (secondary N) is 1. The third-order valence-electron chi connectivity index (χ3n) is 4.21. The van der Waals surface area contributed by atoms with Crippen LogP contribution in [0.3, 0.4) is 0 Å². The van der Waals surface area contributed by atoms with Crippen LogP contribution in [0.5, 0.6) is 0 Å². The van der Waals surface area contributed by atoms with Crippen LogP contribution in [0.1, 0.15) is 23.6 Å². The Labute approximate surface area is 107 Å². The van der Waals surface area contributed by atoms with Crippen LogP contribution in [0.25, 0.3) is 0 Å². The van der Waals surface area contributed by atoms with E-state index in [-0.39, 0.29) is 5.41 Å². The average Bonchev–Trinajstić information content (AvgIpc) is 2.78. The average molecular weight is 264 g/mol. The minimum atomic E-state index is -0.508. The standard InChI is InChI=1S/C13H10F2N2S/c14-8-1-7(2-9(15)3-8)13-4-10(13)11-5-16-12(18)17(11)6-13/h1-3,5,10H,4,6H2,(H,16,18)/t10-,13+/m0/s1. The molecule has 0 amide bonds. The molecule has 1 aromatic heterocycles. The van der Waals surface area contributed by atoms with E-state index in [9.17, 15) is 8.78 Å². The van der Waals surface area contributed by atoms with Gasteiger partial charge in [0, 0.05) is 35.8 Å². The number of fused-ring (bicyclic) bond motifs is 3. The number of hydrogen-bond acceptors (Lipinski definition) is 1. The molecular weight excluding hydrogens is 254 g/mol. The van der Waals surface area contributed by atoms with Crippen LogP contribution < -0.4 is 0 Å². The largest absolute Gasteiger partial charge is 0.337 e. The van der Waals surface area contributed by atoms with Crippen LogP contribution in [0, 0.1) is 16.4 Å². The van der Waals surface area contributed by atoms with E-state index >= 15 is 0 Å². The molecule has 1 saturated carbocycles. The van der Waals surface area contributed by atoms with Gasteiger partial charge in [-0.3, -0.25) is 0 Å². The van der Waals surface area contributed by atoms with Crippen LogP contribution >= 0.6 is 12.2 Å². The summed E-state index contributed by atoms with van der Waals surface area (Å²) in [6.45, 7) is 0.720. The first kappa shape index (κ1) is 10.4. The van der Waals surface area contributed by atoms with E-state index in [2.05, 4.69) is 4.98 Å². The third kappa shape index (κ3) is 1.17. The Balaban J connectivity index is 1.83. The lowest BCUT2D eigenvalue weighted by atomic mass is 9.94. The highest BCUT2D eigenvalue weighted by Gasteiger charge is 2.61. The fraction of sp³-hybridized carbons (Fsp3) is 0.308. The van der Waals surface area contributed by atoms with Crippen molar-refractivity contribution >= 4 is 12.2 Å². The number of imidazole rings is 1. The maximum absolute atomic E-state index is 13.3. The lowest BCUT2D eigenvalue weighted by Crippen LogP contribution is -2.13. The van der Waals surface area contributed by atoms with Gasteiger partial charge in [-0.15, -0.1) is 0 Å². The molecule has 0 unspecified atom stereocenters. The van der Waals surface area contributed by atoms with Gasteiger partial charge in [0.05, 0.1) is 0 Å². The second kappa shape index (κ2) is 3.09. The number of aromatic nitrogens is 2. The van der Waals surface area contributed by atoms with E-state index < -0.39 is 11.6 Å². The molecule has 0 saturated heterocycles. The summed E-state index contributed by atoms with van der Waals surface area (Å²) in [6.07, 6.45) is 2.86. The number of rotatable bonds is 1. The summed E-state index contributed by atoms with van der Waals surface area (Å²) in [4.78, 5) is 3.02.